The van der Waals surface area contributed by atoms with Crippen LogP contribution in [0.4, 0.5) is 0 Å². The second-order valence-electron chi connectivity index (χ2n) is 9.00. The molecule has 0 aromatic rings. The number of carbonyl (C=O) groups is 2. The quantitative estimate of drug-likeness (QED) is 0.579. The lowest BCUT2D eigenvalue weighted by molar-refractivity contribution is -0.168. The van der Waals surface area contributed by atoms with E-state index >= 15 is 0 Å². The molecule has 4 rings (SSSR count). The van der Waals surface area contributed by atoms with Crippen molar-refractivity contribution in [1.29, 1.82) is 0 Å². The van der Waals surface area contributed by atoms with Crippen molar-refractivity contribution in [2.75, 3.05) is 0 Å². The van der Waals surface area contributed by atoms with Crippen molar-refractivity contribution in [3.8, 4) is 12.3 Å². The van der Waals surface area contributed by atoms with Gasteiger partial charge in [-0.25, -0.2) is 0 Å². The van der Waals surface area contributed by atoms with Crippen LogP contribution >= 0.6 is 0 Å². The molecule has 0 aromatic heterocycles. The summed E-state index contributed by atoms with van der Waals surface area (Å²) >= 11 is 0. The van der Waals surface area contributed by atoms with Crippen molar-refractivity contribution in [2.45, 2.75) is 70.5 Å². The van der Waals surface area contributed by atoms with Gasteiger partial charge < -0.3 is 9.84 Å². The lowest BCUT2D eigenvalue weighted by Gasteiger charge is -2.56. The molecule has 7 atom stereocenters. The molecule has 4 heteroatoms. The summed E-state index contributed by atoms with van der Waals surface area (Å²) in [5, 5.41) is 10.8. The first-order valence-electron chi connectivity index (χ1n) is 9.91. The number of carbonyl (C=O) groups excluding carboxylic acids is 2. The lowest BCUT2D eigenvalue weighted by Crippen LogP contribution is -2.55. The fourth-order valence-electron chi connectivity index (χ4n) is 6.86. The number of ketones is 1. The number of hydrogen-bond donors (Lipinski definition) is 1. The lowest BCUT2D eigenvalue weighted by atomic mass is 9.50. The van der Waals surface area contributed by atoms with Crippen LogP contribution < -0.4 is 0 Å². The van der Waals surface area contributed by atoms with E-state index in [4.69, 9.17) is 11.2 Å². The van der Waals surface area contributed by atoms with E-state index < -0.39 is 11.7 Å². The number of terminal acetylenes is 1. The molecule has 0 heterocycles. The summed E-state index contributed by atoms with van der Waals surface area (Å²) < 4.78 is 5.75. The molecule has 0 spiro atoms. The summed E-state index contributed by atoms with van der Waals surface area (Å²) in [6, 6.07) is 0. The Morgan fingerprint density at radius 1 is 1.31 bits per heavy atom. The van der Waals surface area contributed by atoms with E-state index in [0.29, 0.717) is 42.9 Å². The van der Waals surface area contributed by atoms with E-state index in [9.17, 15) is 14.7 Å². The number of fused-ring (bicyclic) bond motifs is 5. The Bertz CT molecular complexity index is 716. The van der Waals surface area contributed by atoms with Gasteiger partial charge in [-0.15, -0.1) is 6.42 Å². The minimum atomic E-state index is -0.821. The highest BCUT2D eigenvalue weighted by Gasteiger charge is 2.64. The van der Waals surface area contributed by atoms with E-state index in [0.717, 1.165) is 31.3 Å². The predicted molar refractivity (Wildman–Crippen MR) is 96.8 cm³/mol. The van der Waals surface area contributed by atoms with Crippen molar-refractivity contribution in [3.63, 3.8) is 0 Å². The van der Waals surface area contributed by atoms with Crippen LogP contribution in [-0.4, -0.2) is 28.6 Å². The topological polar surface area (TPSA) is 63.6 Å². The van der Waals surface area contributed by atoms with Crippen LogP contribution in [0.3, 0.4) is 0 Å². The zero-order chi connectivity index (χ0) is 18.7. The van der Waals surface area contributed by atoms with Crippen LogP contribution in [0.5, 0.6) is 0 Å². The third-order valence-corrected chi connectivity index (χ3v) is 8.02. The molecule has 4 aliphatic carbocycles. The van der Waals surface area contributed by atoms with Crippen LogP contribution in [0.2, 0.25) is 0 Å². The van der Waals surface area contributed by atoms with E-state index in [-0.39, 0.29) is 17.2 Å². The number of aliphatic hydroxyl groups excluding tert-OH is 1. The smallest absolute Gasteiger partial charge is 0.304 e. The molecule has 0 bridgehead atoms. The SMILES string of the molecule is C#C[C@@]1(OC(C)=O)CC[C@H]2[C@@H]3C[C@@H](O)C4=CC(=O)CCC4[C@H]3CC[C@]21C. The summed E-state index contributed by atoms with van der Waals surface area (Å²) in [4.78, 5) is 23.6. The normalized spacial score (nSPS) is 47.1. The van der Waals surface area contributed by atoms with Crippen molar-refractivity contribution in [2.24, 2.45) is 29.1 Å². The second-order valence-corrected chi connectivity index (χ2v) is 9.00. The molecule has 4 aliphatic rings. The highest BCUT2D eigenvalue weighted by Crippen LogP contribution is 2.65. The summed E-state index contributed by atoms with van der Waals surface area (Å²) in [5.41, 5.74) is -0.0924. The monoisotopic (exact) mass is 356 g/mol. The highest BCUT2D eigenvalue weighted by atomic mass is 16.6. The number of esters is 1. The molecule has 3 fully saturated rings. The van der Waals surface area contributed by atoms with Crippen LogP contribution in [0, 0.1) is 41.4 Å². The largest absolute Gasteiger partial charge is 0.445 e. The molecule has 26 heavy (non-hydrogen) atoms. The van der Waals surface area contributed by atoms with Crippen molar-refractivity contribution in [1.82, 2.24) is 0 Å². The maximum absolute atomic E-state index is 11.8. The van der Waals surface area contributed by atoms with Crippen molar-refractivity contribution < 1.29 is 19.4 Å². The van der Waals surface area contributed by atoms with Crippen molar-refractivity contribution in [3.05, 3.63) is 11.6 Å². The van der Waals surface area contributed by atoms with Gasteiger partial charge in [0.05, 0.1) is 6.10 Å². The van der Waals surface area contributed by atoms with Gasteiger partial charge in [0.25, 0.3) is 0 Å². The minimum absolute atomic E-state index is 0.150. The average molecular weight is 356 g/mol. The van der Waals surface area contributed by atoms with Gasteiger partial charge in [0, 0.05) is 18.8 Å². The highest BCUT2D eigenvalue weighted by molar-refractivity contribution is 5.91. The molecule has 0 amide bonds. The Morgan fingerprint density at radius 3 is 2.77 bits per heavy atom. The molecular formula is C22H28O4. The molecular weight excluding hydrogens is 328 g/mol. The number of ether oxygens (including phenoxy) is 1. The Kier molecular flexibility index (Phi) is 4.08. The zero-order valence-electron chi connectivity index (χ0n) is 15.7. The summed E-state index contributed by atoms with van der Waals surface area (Å²) in [7, 11) is 0. The molecule has 4 nitrogen and oxygen atoms in total. The summed E-state index contributed by atoms with van der Waals surface area (Å²) in [6.07, 6.45) is 12.8. The number of aliphatic hydroxyl groups is 1. The Balaban J connectivity index is 1.68. The molecule has 1 unspecified atom stereocenters. The summed E-state index contributed by atoms with van der Waals surface area (Å²) in [5.74, 6) is 4.25. The molecule has 140 valence electrons. The second kappa shape index (κ2) is 5.96. The van der Waals surface area contributed by atoms with E-state index in [1.54, 1.807) is 6.08 Å². The van der Waals surface area contributed by atoms with E-state index in [2.05, 4.69) is 12.8 Å². The van der Waals surface area contributed by atoms with Gasteiger partial charge >= 0.3 is 5.97 Å². The van der Waals surface area contributed by atoms with Gasteiger partial charge in [-0.3, -0.25) is 9.59 Å². The maximum atomic E-state index is 11.8. The first-order chi connectivity index (χ1) is 12.3. The predicted octanol–water partition coefficient (Wildman–Crippen LogP) is 3.03. The fraction of sp³-hybridized carbons (Fsp3) is 0.727. The van der Waals surface area contributed by atoms with E-state index in [1.165, 1.54) is 6.92 Å². The molecule has 0 radical (unpaired) electrons. The third kappa shape index (κ3) is 2.33. The van der Waals surface area contributed by atoms with Gasteiger partial charge in [-0.2, -0.15) is 0 Å². The standard InChI is InChI=1S/C22H28O4/c1-4-22(26-13(2)23)10-8-19-17-12-20(25)18-11-14(24)5-6-15(18)16(17)7-9-21(19,22)3/h1,11,15-17,19-20,25H,5-10,12H2,2-3H3/t15?,16-,17-,19+,20-,21-,22-/m1/s1. The Hall–Kier alpha value is -1.60. The van der Waals surface area contributed by atoms with Gasteiger partial charge in [-0.05, 0) is 73.8 Å². The zero-order valence-corrected chi connectivity index (χ0v) is 15.7. The third-order valence-electron chi connectivity index (χ3n) is 8.02. The minimum Gasteiger partial charge on any atom is -0.445 e. The van der Waals surface area contributed by atoms with Crippen molar-refractivity contribution >= 4 is 11.8 Å². The molecule has 0 aromatic carbocycles. The molecule has 3 saturated carbocycles. The van der Waals surface area contributed by atoms with Crippen LogP contribution in [0.25, 0.3) is 0 Å². The van der Waals surface area contributed by atoms with Gasteiger partial charge in [-0.1, -0.05) is 12.8 Å². The fourth-order valence-corrected chi connectivity index (χ4v) is 6.86. The van der Waals surface area contributed by atoms with E-state index in [1.807, 2.05) is 0 Å². The molecule has 0 saturated heterocycles. The van der Waals surface area contributed by atoms with Gasteiger partial charge in [0.2, 0.25) is 0 Å². The number of rotatable bonds is 1. The Labute approximate surface area is 155 Å². The summed E-state index contributed by atoms with van der Waals surface area (Å²) in [6.45, 7) is 3.62. The number of hydrogen-bond acceptors (Lipinski definition) is 4. The van der Waals surface area contributed by atoms with Crippen LogP contribution in [0.15, 0.2) is 11.6 Å². The van der Waals surface area contributed by atoms with Crippen LogP contribution in [0.1, 0.15) is 58.8 Å². The average Bonchev–Trinajstić information content (AvgIpc) is 2.88. The maximum Gasteiger partial charge on any atom is 0.304 e. The van der Waals surface area contributed by atoms with Crippen LogP contribution in [-0.2, 0) is 14.3 Å². The first kappa shape index (κ1) is 17.8. The van der Waals surface area contributed by atoms with Gasteiger partial charge in [0.15, 0.2) is 11.4 Å². The Morgan fingerprint density at radius 2 is 2.08 bits per heavy atom. The molecule has 1 N–H and O–H groups in total. The first-order valence-corrected chi connectivity index (χ1v) is 9.91. The van der Waals surface area contributed by atoms with Gasteiger partial charge in [0.1, 0.15) is 0 Å². The molecule has 0 aliphatic heterocycles.